The summed E-state index contributed by atoms with van der Waals surface area (Å²) >= 11 is 0. The highest BCUT2D eigenvalue weighted by molar-refractivity contribution is 5.90. The third kappa shape index (κ3) is 3.57. The minimum Gasteiger partial charge on any atom is -0.463 e. The molecule has 0 aliphatic carbocycles. The molecule has 23 heavy (non-hydrogen) atoms. The van der Waals surface area contributed by atoms with Gasteiger partial charge in [0.05, 0.1) is 25.4 Å². The molecule has 1 unspecified atom stereocenters. The van der Waals surface area contributed by atoms with E-state index in [0.717, 1.165) is 30.5 Å². The van der Waals surface area contributed by atoms with E-state index in [0.29, 0.717) is 25.4 Å². The second-order valence-corrected chi connectivity index (χ2v) is 5.67. The summed E-state index contributed by atoms with van der Waals surface area (Å²) in [6.45, 7) is 4.42. The Morgan fingerprint density at radius 3 is 2.74 bits per heavy atom. The van der Waals surface area contributed by atoms with Gasteiger partial charge in [0.1, 0.15) is 0 Å². The highest BCUT2D eigenvalue weighted by Gasteiger charge is 2.30. The summed E-state index contributed by atoms with van der Waals surface area (Å²) in [7, 11) is 0. The summed E-state index contributed by atoms with van der Waals surface area (Å²) in [4.78, 5) is 12.3. The van der Waals surface area contributed by atoms with Gasteiger partial charge in [-0.05, 0) is 25.3 Å². The summed E-state index contributed by atoms with van der Waals surface area (Å²) in [6, 6.07) is 8.05. The van der Waals surface area contributed by atoms with Crippen LogP contribution in [0.3, 0.4) is 0 Å². The fourth-order valence-electron chi connectivity index (χ4n) is 3.11. The third-order valence-electron chi connectivity index (χ3n) is 4.17. The molecule has 0 amide bonds. The fraction of sp³-hybridized carbons (Fsp3) is 0.500. The Balaban J connectivity index is 1.91. The SMILES string of the molecule is CCOC(=O)C1=CNCCC1c1ccccc1C1OCCCO1. The van der Waals surface area contributed by atoms with Crippen LogP contribution in [-0.4, -0.2) is 32.3 Å². The Morgan fingerprint density at radius 1 is 1.26 bits per heavy atom. The average molecular weight is 317 g/mol. The molecule has 2 aliphatic rings. The topological polar surface area (TPSA) is 56.8 Å². The summed E-state index contributed by atoms with van der Waals surface area (Å²) < 4.78 is 16.7. The Hall–Kier alpha value is -1.85. The molecule has 2 heterocycles. The maximum Gasteiger partial charge on any atom is 0.336 e. The lowest BCUT2D eigenvalue weighted by Crippen LogP contribution is -2.27. The van der Waals surface area contributed by atoms with Crippen LogP contribution < -0.4 is 5.32 Å². The molecule has 0 spiro atoms. The summed E-state index contributed by atoms with van der Waals surface area (Å²) in [6.07, 6.45) is 3.19. The molecule has 124 valence electrons. The molecule has 0 saturated carbocycles. The molecular weight excluding hydrogens is 294 g/mol. The van der Waals surface area contributed by atoms with Crippen LogP contribution in [0.25, 0.3) is 0 Å². The van der Waals surface area contributed by atoms with Gasteiger partial charge in [-0.3, -0.25) is 0 Å². The lowest BCUT2D eigenvalue weighted by Gasteiger charge is -2.30. The van der Waals surface area contributed by atoms with Crippen molar-refractivity contribution in [3.05, 3.63) is 47.2 Å². The molecule has 5 nitrogen and oxygen atoms in total. The second-order valence-electron chi connectivity index (χ2n) is 5.67. The predicted molar refractivity (Wildman–Crippen MR) is 85.8 cm³/mol. The quantitative estimate of drug-likeness (QED) is 0.865. The zero-order chi connectivity index (χ0) is 16.1. The minimum atomic E-state index is -0.349. The van der Waals surface area contributed by atoms with E-state index in [2.05, 4.69) is 11.4 Å². The second kappa shape index (κ2) is 7.62. The zero-order valence-corrected chi connectivity index (χ0v) is 13.4. The van der Waals surface area contributed by atoms with E-state index in [1.165, 1.54) is 0 Å². The molecule has 1 aromatic carbocycles. The Morgan fingerprint density at radius 2 is 2.00 bits per heavy atom. The molecule has 3 rings (SSSR count). The first kappa shape index (κ1) is 16.0. The van der Waals surface area contributed by atoms with Gasteiger partial charge in [0, 0.05) is 24.2 Å². The van der Waals surface area contributed by atoms with Gasteiger partial charge in [-0.15, -0.1) is 0 Å². The molecule has 1 atom stereocenters. The number of benzene rings is 1. The smallest absolute Gasteiger partial charge is 0.336 e. The van der Waals surface area contributed by atoms with Gasteiger partial charge in [-0.2, -0.15) is 0 Å². The Bertz CT molecular complexity index is 578. The van der Waals surface area contributed by atoms with Crippen LogP contribution in [-0.2, 0) is 19.0 Å². The van der Waals surface area contributed by atoms with Crippen molar-refractivity contribution in [3.8, 4) is 0 Å². The Kier molecular flexibility index (Phi) is 5.31. The number of hydrogen-bond acceptors (Lipinski definition) is 5. The van der Waals surface area contributed by atoms with Gasteiger partial charge < -0.3 is 19.5 Å². The van der Waals surface area contributed by atoms with Crippen molar-refractivity contribution in [2.45, 2.75) is 32.0 Å². The van der Waals surface area contributed by atoms with Crippen LogP contribution in [0.2, 0.25) is 0 Å². The standard InChI is InChI=1S/C18H23NO4/c1-2-21-17(20)16-12-19-9-8-14(16)13-6-3-4-7-15(13)18-22-10-5-11-23-18/h3-4,6-7,12,14,18-19H,2,5,8-11H2,1H3. The van der Waals surface area contributed by atoms with Gasteiger partial charge in [-0.25, -0.2) is 4.79 Å². The molecule has 0 bridgehead atoms. The first-order valence-electron chi connectivity index (χ1n) is 8.24. The number of rotatable bonds is 4. The van der Waals surface area contributed by atoms with Gasteiger partial charge in [0.2, 0.25) is 0 Å². The average Bonchev–Trinajstić information content (AvgIpc) is 2.63. The molecule has 1 saturated heterocycles. The highest BCUT2D eigenvalue weighted by Crippen LogP contribution is 2.36. The zero-order valence-electron chi connectivity index (χ0n) is 13.4. The maximum absolute atomic E-state index is 12.3. The van der Waals surface area contributed by atoms with Crippen LogP contribution in [0, 0.1) is 0 Å². The normalized spacial score (nSPS) is 22.1. The number of ether oxygens (including phenoxy) is 3. The van der Waals surface area contributed by atoms with E-state index in [4.69, 9.17) is 14.2 Å². The van der Waals surface area contributed by atoms with Crippen LogP contribution in [0.1, 0.15) is 43.1 Å². The largest absolute Gasteiger partial charge is 0.463 e. The van der Waals surface area contributed by atoms with E-state index < -0.39 is 0 Å². The predicted octanol–water partition coefficient (Wildman–Crippen LogP) is 2.65. The van der Waals surface area contributed by atoms with Crippen molar-refractivity contribution < 1.29 is 19.0 Å². The van der Waals surface area contributed by atoms with Gasteiger partial charge in [-0.1, -0.05) is 24.3 Å². The minimum absolute atomic E-state index is 0.000580. The number of carbonyl (C=O) groups excluding carboxylic acids is 1. The van der Waals surface area contributed by atoms with E-state index in [1.54, 1.807) is 6.20 Å². The Labute approximate surface area is 136 Å². The van der Waals surface area contributed by atoms with Crippen molar-refractivity contribution in [3.63, 3.8) is 0 Å². The maximum atomic E-state index is 12.3. The van der Waals surface area contributed by atoms with Crippen molar-refractivity contribution in [2.75, 3.05) is 26.4 Å². The van der Waals surface area contributed by atoms with E-state index in [-0.39, 0.29) is 18.2 Å². The van der Waals surface area contributed by atoms with E-state index in [9.17, 15) is 4.79 Å². The number of carbonyl (C=O) groups is 1. The summed E-state index contributed by atoms with van der Waals surface area (Å²) in [5.74, 6) is -0.259. The first-order chi connectivity index (χ1) is 11.3. The molecule has 2 aliphatic heterocycles. The molecule has 0 radical (unpaired) electrons. The molecule has 5 heteroatoms. The highest BCUT2D eigenvalue weighted by atomic mass is 16.7. The van der Waals surface area contributed by atoms with Gasteiger partial charge >= 0.3 is 5.97 Å². The molecular formula is C18H23NO4. The monoisotopic (exact) mass is 317 g/mol. The number of nitrogens with one attached hydrogen (secondary N) is 1. The van der Waals surface area contributed by atoms with Crippen LogP contribution in [0.5, 0.6) is 0 Å². The van der Waals surface area contributed by atoms with E-state index >= 15 is 0 Å². The van der Waals surface area contributed by atoms with Crippen LogP contribution in [0.15, 0.2) is 36.0 Å². The van der Waals surface area contributed by atoms with Crippen molar-refractivity contribution in [1.29, 1.82) is 0 Å². The molecule has 1 fully saturated rings. The lowest BCUT2D eigenvalue weighted by molar-refractivity contribution is -0.183. The lowest BCUT2D eigenvalue weighted by atomic mass is 9.84. The van der Waals surface area contributed by atoms with Crippen LogP contribution in [0.4, 0.5) is 0 Å². The van der Waals surface area contributed by atoms with Gasteiger partial charge in [0.25, 0.3) is 0 Å². The summed E-state index contributed by atoms with van der Waals surface area (Å²) in [5, 5.41) is 3.15. The van der Waals surface area contributed by atoms with Crippen LogP contribution >= 0.6 is 0 Å². The molecule has 1 aromatic rings. The molecule has 1 N–H and O–H groups in total. The number of hydrogen-bond donors (Lipinski definition) is 1. The molecule has 0 aromatic heterocycles. The number of esters is 1. The van der Waals surface area contributed by atoms with E-state index in [1.807, 2.05) is 25.1 Å². The first-order valence-corrected chi connectivity index (χ1v) is 8.24. The van der Waals surface area contributed by atoms with Crippen molar-refractivity contribution >= 4 is 5.97 Å². The van der Waals surface area contributed by atoms with Crippen molar-refractivity contribution in [1.82, 2.24) is 5.32 Å². The van der Waals surface area contributed by atoms with Crippen molar-refractivity contribution in [2.24, 2.45) is 0 Å². The van der Waals surface area contributed by atoms with Gasteiger partial charge in [0.15, 0.2) is 6.29 Å². The summed E-state index contributed by atoms with van der Waals surface area (Å²) in [5.41, 5.74) is 2.76. The fourth-order valence-corrected chi connectivity index (χ4v) is 3.11. The third-order valence-corrected chi connectivity index (χ3v) is 4.17.